The molecular weight excluding hydrogens is 570 g/mol. The van der Waals surface area contributed by atoms with Gasteiger partial charge in [-0.2, -0.15) is 0 Å². The average molecular weight is 612 g/mol. The Kier molecular flexibility index (Phi) is 10.6. The van der Waals surface area contributed by atoms with Gasteiger partial charge < -0.3 is 10.2 Å². The van der Waals surface area contributed by atoms with Crippen molar-refractivity contribution >= 4 is 27.5 Å². The standard InChI is InChI=1S/C36H41N3O4S/c1-6-37-36(41)34(23-30-13-8-7-9-14-30)38(24-31-15-11-10-12-28(31)4)35(40)25-39(32-19-18-27(3)29(5)22-32)44(42,43)33-20-16-26(2)17-21-33/h7-22,34H,6,23-25H2,1-5H3,(H,37,41)/t34-/m1/s1. The molecule has 4 aromatic rings. The first-order chi connectivity index (χ1) is 21.0. The Balaban J connectivity index is 1.82. The van der Waals surface area contributed by atoms with Gasteiger partial charge in [0.25, 0.3) is 10.0 Å². The molecule has 4 aromatic carbocycles. The van der Waals surface area contributed by atoms with Gasteiger partial charge in [-0.15, -0.1) is 0 Å². The molecule has 1 N–H and O–H groups in total. The summed E-state index contributed by atoms with van der Waals surface area (Å²) >= 11 is 0. The van der Waals surface area contributed by atoms with Gasteiger partial charge in [-0.3, -0.25) is 13.9 Å². The summed E-state index contributed by atoms with van der Waals surface area (Å²) in [6.07, 6.45) is 0.276. The molecule has 0 aromatic heterocycles. The van der Waals surface area contributed by atoms with E-state index in [1.165, 1.54) is 4.90 Å². The number of sulfonamides is 1. The van der Waals surface area contributed by atoms with Crippen LogP contribution in [0.25, 0.3) is 0 Å². The number of nitrogens with one attached hydrogen (secondary N) is 1. The monoisotopic (exact) mass is 611 g/mol. The summed E-state index contributed by atoms with van der Waals surface area (Å²) in [5.74, 6) is -0.772. The fraction of sp³-hybridized carbons (Fsp3) is 0.278. The zero-order valence-electron chi connectivity index (χ0n) is 26.1. The van der Waals surface area contributed by atoms with Crippen molar-refractivity contribution in [2.45, 2.75) is 58.5 Å². The Bertz CT molecular complexity index is 1700. The molecule has 230 valence electrons. The van der Waals surface area contributed by atoms with Crippen LogP contribution < -0.4 is 9.62 Å². The van der Waals surface area contributed by atoms with Crippen LogP contribution in [0.1, 0.15) is 40.3 Å². The van der Waals surface area contributed by atoms with E-state index in [2.05, 4.69) is 5.32 Å². The maximum Gasteiger partial charge on any atom is 0.264 e. The number of hydrogen-bond acceptors (Lipinski definition) is 4. The number of carbonyl (C=O) groups excluding carboxylic acids is 2. The Morgan fingerprint density at radius 3 is 2.07 bits per heavy atom. The lowest BCUT2D eigenvalue weighted by atomic mass is 10.0. The quantitative estimate of drug-likeness (QED) is 0.216. The number of amides is 2. The van der Waals surface area contributed by atoms with Gasteiger partial charge in [0.2, 0.25) is 11.8 Å². The first-order valence-electron chi connectivity index (χ1n) is 14.8. The van der Waals surface area contributed by atoms with Gasteiger partial charge in [0, 0.05) is 19.5 Å². The molecule has 0 fully saturated rings. The molecule has 8 heteroatoms. The van der Waals surface area contributed by atoms with Crippen LogP contribution >= 0.6 is 0 Å². The Morgan fingerprint density at radius 1 is 0.773 bits per heavy atom. The number of hydrogen-bond donors (Lipinski definition) is 1. The number of carbonyl (C=O) groups is 2. The van der Waals surface area contributed by atoms with Crippen molar-refractivity contribution in [3.8, 4) is 0 Å². The molecule has 0 heterocycles. The Morgan fingerprint density at radius 2 is 1.43 bits per heavy atom. The van der Waals surface area contributed by atoms with Crippen LogP contribution in [0.15, 0.2) is 102 Å². The number of anilines is 1. The van der Waals surface area contributed by atoms with Crippen LogP contribution in [0.4, 0.5) is 5.69 Å². The first-order valence-corrected chi connectivity index (χ1v) is 16.3. The molecule has 0 saturated heterocycles. The third-order valence-electron chi connectivity index (χ3n) is 7.89. The van der Waals surface area contributed by atoms with E-state index in [0.29, 0.717) is 12.2 Å². The van der Waals surface area contributed by atoms with Crippen LogP contribution in [0, 0.1) is 27.7 Å². The van der Waals surface area contributed by atoms with Crippen LogP contribution in [0.3, 0.4) is 0 Å². The van der Waals surface area contributed by atoms with E-state index in [4.69, 9.17) is 0 Å². The number of aryl methyl sites for hydroxylation is 4. The Hall–Kier alpha value is -4.43. The van der Waals surface area contributed by atoms with Crippen molar-refractivity contribution in [2.75, 3.05) is 17.4 Å². The number of benzene rings is 4. The van der Waals surface area contributed by atoms with Gasteiger partial charge in [0.15, 0.2) is 0 Å². The van der Waals surface area contributed by atoms with Crippen LogP contribution in [-0.2, 0) is 32.6 Å². The second-order valence-corrected chi connectivity index (χ2v) is 13.0. The summed E-state index contributed by atoms with van der Waals surface area (Å²) in [6, 6.07) is 28.3. The van der Waals surface area contributed by atoms with Crippen molar-refractivity contribution in [2.24, 2.45) is 0 Å². The molecule has 4 rings (SSSR count). The maximum absolute atomic E-state index is 14.5. The minimum Gasteiger partial charge on any atom is -0.355 e. The average Bonchev–Trinajstić information content (AvgIpc) is 3.00. The number of nitrogens with zero attached hydrogens (tertiary/aromatic N) is 2. The summed E-state index contributed by atoms with van der Waals surface area (Å²) in [7, 11) is -4.14. The predicted octanol–water partition coefficient (Wildman–Crippen LogP) is 5.89. The molecule has 2 amide bonds. The summed E-state index contributed by atoms with van der Waals surface area (Å²) in [5.41, 5.74) is 5.96. The van der Waals surface area contributed by atoms with E-state index in [1.54, 1.807) is 36.4 Å². The van der Waals surface area contributed by atoms with E-state index in [9.17, 15) is 18.0 Å². The van der Waals surface area contributed by atoms with Crippen molar-refractivity contribution < 1.29 is 18.0 Å². The van der Waals surface area contributed by atoms with Crippen molar-refractivity contribution in [3.63, 3.8) is 0 Å². The highest BCUT2D eigenvalue weighted by Crippen LogP contribution is 2.27. The highest BCUT2D eigenvalue weighted by atomic mass is 32.2. The van der Waals surface area contributed by atoms with Gasteiger partial charge >= 0.3 is 0 Å². The lowest BCUT2D eigenvalue weighted by molar-refractivity contribution is -0.140. The van der Waals surface area contributed by atoms with Crippen molar-refractivity contribution in [3.05, 3.63) is 130 Å². The molecule has 0 unspecified atom stereocenters. The van der Waals surface area contributed by atoms with E-state index in [1.807, 2.05) is 95.3 Å². The normalized spacial score (nSPS) is 11.9. The first kappa shape index (κ1) is 32.5. The fourth-order valence-corrected chi connectivity index (χ4v) is 6.47. The van der Waals surface area contributed by atoms with E-state index in [-0.39, 0.29) is 23.8 Å². The topological polar surface area (TPSA) is 86.8 Å². The highest BCUT2D eigenvalue weighted by molar-refractivity contribution is 7.92. The smallest absolute Gasteiger partial charge is 0.264 e. The molecule has 0 aliphatic rings. The SMILES string of the molecule is CCNC(=O)[C@@H](Cc1ccccc1)N(Cc1ccccc1C)C(=O)CN(c1ccc(C)c(C)c1)S(=O)(=O)c1ccc(C)cc1. The van der Waals surface area contributed by atoms with Crippen LogP contribution in [0.2, 0.25) is 0 Å². The molecule has 0 saturated carbocycles. The molecule has 0 spiro atoms. The molecule has 7 nitrogen and oxygen atoms in total. The van der Waals surface area contributed by atoms with Crippen LogP contribution in [0.5, 0.6) is 0 Å². The molecule has 1 atom stereocenters. The van der Waals surface area contributed by atoms with Crippen molar-refractivity contribution in [1.29, 1.82) is 0 Å². The molecular formula is C36H41N3O4S. The molecule has 0 radical (unpaired) electrons. The Labute approximate surface area is 261 Å². The summed E-state index contributed by atoms with van der Waals surface area (Å²) in [4.78, 5) is 29.7. The second kappa shape index (κ2) is 14.4. The second-order valence-electron chi connectivity index (χ2n) is 11.1. The summed E-state index contributed by atoms with van der Waals surface area (Å²) in [6.45, 7) is 9.60. The minimum absolute atomic E-state index is 0.0872. The lowest BCUT2D eigenvalue weighted by Crippen LogP contribution is -2.53. The number of likely N-dealkylation sites (N-methyl/N-ethyl adjacent to an activating group) is 1. The molecule has 0 aliphatic heterocycles. The third-order valence-corrected chi connectivity index (χ3v) is 9.68. The maximum atomic E-state index is 14.5. The van der Waals surface area contributed by atoms with E-state index in [0.717, 1.165) is 37.7 Å². The zero-order chi connectivity index (χ0) is 31.9. The van der Waals surface area contributed by atoms with Gasteiger partial charge in [0.05, 0.1) is 10.6 Å². The van der Waals surface area contributed by atoms with Gasteiger partial charge in [-0.05, 0) is 86.7 Å². The fourth-order valence-electron chi connectivity index (χ4n) is 5.06. The summed E-state index contributed by atoms with van der Waals surface area (Å²) < 4.78 is 29.5. The molecule has 44 heavy (non-hydrogen) atoms. The zero-order valence-corrected chi connectivity index (χ0v) is 26.9. The van der Waals surface area contributed by atoms with Gasteiger partial charge in [0.1, 0.15) is 12.6 Å². The minimum atomic E-state index is -4.14. The largest absolute Gasteiger partial charge is 0.355 e. The van der Waals surface area contributed by atoms with Gasteiger partial charge in [-0.1, -0.05) is 78.4 Å². The lowest BCUT2D eigenvalue weighted by Gasteiger charge is -2.34. The predicted molar refractivity (Wildman–Crippen MR) is 176 cm³/mol. The highest BCUT2D eigenvalue weighted by Gasteiger charge is 2.34. The molecule has 0 bridgehead atoms. The van der Waals surface area contributed by atoms with E-state index < -0.39 is 28.5 Å². The van der Waals surface area contributed by atoms with E-state index >= 15 is 0 Å². The van der Waals surface area contributed by atoms with Crippen molar-refractivity contribution in [1.82, 2.24) is 10.2 Å². The van der Waals surface area contributed by atoms with Gasteiger partial charge in [-0.25, -0.2) is 8.42 Å². The number of rotatable bonds is 12. The third kappa shape index (κ3) is 7.74. The van der Waals surface area contributed by atoms with Crippen LogP contribution in [-0.4, -0.2) is 44.3 Å². The molecule has 0 aliphatic carbocycles. The summed E-state index contributed by atoms with van der Waals surface area (Å²) in [5, 5.41) is 2.90.